The van der Waals surface area contributed by atoms with Crippen molar-refractivity contribution >= 4 is 11.6 Å². The van der Waals surface area contributed by atoms with E-state index in [0.29, 0.717) is 17.0 Å². The summed E-state index contributed by atoms with van der Waals surface area (Å²) in [6.45, 7) is 2.04. The SMILES string of the molecule is CC1CN1C1=CC(=O)c2c(c(CO)c(CO)n2C)C1=O. The highest BCUT2D eigenvalue weighted by atomic mass is 16.3. The standard InChI is InChI=1S/C14H16N2O4/c1-7-4-16(7)9-3-11(19)13-12(14(9)20)8(5-17)10(6-18)15(13)2/h3,7,17-18H,4-6H2,1-2H3. The molecular weight excluding hydrogens is 260 g/mol. The van der Waals surface area contributed by atoms with Crippen molar-refractivity contribution in [3.05, 3.63) is 34.3 Å². The normalized spacial score (nSPS) is 21.1. The fourth-order valence-corrected chi connectivity index (χ4v) is 2.87. The molecule has 0 aromatic carbocycles. The van der Waals surface area contributed by atoms with Gasteiger partial charge in [0.05, 0.1) is 24.5 Å². The summed E-state index contributed by atoms with van der Waals surface area (Å²) in [5.74, 6) is -0.506. The first kappa shape index (κ1) is 13.1. The third-order valence-corrected chi connectivity index (χ3v) is 4.06. The van der Waals surface area contributed by atoms with Gasteiger partial charge in [-0.25, -0.2) is 0 Å². The van der Waals surface area contributed by atoms with Crippen LogP contribution in [0, 0.1) is 0 Å². The van der Waals surface area contributed by atoms with Crippen LogP contribution < -0.4 is 0 Å². The molecule has 6 heteroatoms. The predicted octanol–water partition coefficient (Wildman–Crippen LogP) is -0.0233. The van der Waals surface area contributed by atoms with Crippen molar-refractivity contribution in [2.45, 2.75) is 26.2 Å². The zero-order valence-electron chi connectivity index (χ0n) is 11.4. The molecule has 106 valence electrons. The Balaban J connectivity index is 2.18. The predicted molar refractivity (Wildman–Crippen MR) is 70.2 cm³/mol. The topological polar surface area (TPSA) is 82.5 Å². The van der Waals surface area contributed by atoms with Crippen LogP contribution in [-0.4, -0.2) is 43.8 Å². The van der Waals surface area contributed by atoms with Crippen LogP contribution in [0.2, 0.25) is 0 Å². The summed E-state index contributed by atoms with van der Waals surface area (Å²) in [7, 11) is 1.62. The van der Waals surface area contributed by atoms with Crippen molar-refractivity contribution in [2.75, 3.05) is 6.54 Å². The van der Waals surface area contributed by atoms with Gasteiger partial charge in [-0.15, -0.1) is 0 Å². The smallest absolute Gasteiger partial charge is 0.211 e. The van der Waals surface area contributed by atoms with Crippen molar-refractivity contribution in [1.29, 1.82) is 0 Å². The number of hydrogen-bond acceptors (Lipinski definition) is 5. The van der Waals surface area contributed by atoms with E-state index in [9.17, 15) is 19.8 Å². The van der Waals surface area contributed by atoms with Gasteiger partial charge >= 0.3 is 0 Å². The number of ketones is 2. The van der Waals surface area contributed by atoms with Crippen LogP contribution in [0.4, 0.5) is 0 Å². The van der Waals surface area contributed by atoms with E-state index in [1.807, 2.05) is 11.8 Å². The van der Waals surface area contributed by atoms with Crippen LogP contribution in [-0.2, 0) is 20.3 Å². The Bertz CT molecular complexity index is 657. The first-order valence-electron chi connectivity index (χ1n) is 6.50. The fraction of sp³-hybridized carbons (Fsp3) is 0.429. The molecule has 0 saturated carbocycles. The molecule has 0 radical (unpaired) electrons. The summed E-state index contributed by atoms with van der Waals surface area (Å²) >= 11 is 0. The molecule has 1 aromatic heterocycles. The molecule has 1 fully saturated rings. The fourth-order valence-electron chi connectivity index (χ4n) is 2.87. The summed E-state index contributed by atoms with van der Waals surface area (Å²) < 4.78 is 1.50. The average molecular weight is 276 g/mol. The van der Waals surface area contributed by atoms with Gasteiger partial charge in [0.2, 0.25) is 11.6 Å². The lowest BCUT2D eigenvalue weighted by atomic mass is 9.95. The largest absolute Gasteiger partial charge is 0.392 e. The van der Waals surface area contributed by atoms with Crippen LogP contribution in [0.5, 0.6) is 0 Å². The number of aromatic nitrogens is 1. The third-order valence-electron chi connectivity index (χ3n) is 4.06. The van der Waals surface area contributed by atoms with E-state index in [-0.39, 0.29) is 42.1 Å². The van der Waals surface area contributed by atoms with Crippen molar-refractivity contribution in [3.63, 3.8) is 0 Å². The summed E-state index contributed by atoms with van der Waals surface area (Å²) in [5.41, 5.74) is 1.64. The second kappa shape index (κ2) is 4.29. The van der Waals surface area contributed by atoms with Crippen molar-refractivity contribution in [2.24, 2.45) is 7.05 Å². The van der Waals surface area contributed by atoms with E-state index in [2.05, 4.69) is 0 Å². The second-order valence-corrected chi connectivity index (χ2v) is 5.25. The Hall–Kier alpha value is -1.92. The molecule has 1 aliphatic heterocycles. The minimum absolute atomic E-state index is 0.237. The number of fused-ring (bicyclic) bond motifs is 1. The van der Waals surface area contributed by atoms with Gasteiger partial charge in [-0.1, -0.05) is 0 Å². The maximum Gasteiger partial charge on any atom is 0.211 e. The minimum Gasteiger partial charge on any atom is -0.392 e. The molecule has 20 heavy (non-hydrogen) atoms. The number of aliphatic hydroxyl groups is 2. The molecular formula is C14H16N2O4. The van der Waals surface area contributed by atoms with Crippen molar-refractivity contribution in [1.82, 2.24) is 9.47 Å². The quantitative estimate of drug-likeness (QED) is 0.758. The Kier molecular flexibility index (Phi) is 2.81. The number of nitrogens with zero attached hydrogens (tertiary/aromatic N) is 2. The summed E-state index contributed by atoms with van der Waals surface area (Å²) in [4.78, 5) is 26.7. The Morgan fingerprint density at radius 3 is 2.45 bits per heavy atom. The highest BCUT2D eigenvalue weighted by molar-refractivity contribution is 6.24. The molecule has 2 N–H and O–H groups in total. The van der Waals surface area contributed by atoms with Gasteiger partial charge in [0.1, 0.15) is 5.69 Å². The van der Waals surface area contributed by atoms with Crippen molar-refractivity contribution < 1.29 is 19.8 Å². The molecule has 0 bridgehead atoms. The first-order chi connectivity index (χ1) is 9.51. The molecule has 0 amide bonds. The van der Waals surface area contributed by atoms with Gasteiger partial charge in [0, 0.05) is 37.0 Å². The molecule has 0 spiro atoms. The lowest BCUT2D eigenvalue weighted by molar-refractivity contribution is 0.0963. The minimum atomic E-state index is -0.374. The molecule has 2 aliphatic rings. The zero-order valence-corrected chi connectivity index (χ0v) is 11.4. The van der Waals surface area contributed by atoms with Gasteiger partial charge < -0.3 is 19.7 Å². The van der Waals surface area contributed by atoms with Crippen LogP contribution in [0.25, 0.3) is 0 Å². The summed E-state index contributed by atoms with van der Waals surface area (Å²) in [5, 5.41) is 18.9. The number of rotatable bonds is 3. The molecule has 3 rings (SSSR count). The third kappa shape index (κ3) is 1.58. The van der Waals surface area contributed by atoms with E-state index in [1.54, 1.807) is 7.05 Å². The number of Topliss-reactive ketones (excluding diaryl/α,β-unsaturated/α-hetero) is 1. The maximum absolute atomic E-state index is 12.6. The number of carbonyl (C=O) groups excluding carboxylic acids is 2. The van der Waals surface area contributed by atoms with E-state index in [1.165, 1.54) is 10.6 Å². The molecule has 1 unspecified atom stereocenters. The Morgan fingerprint density at radius 2 is 1.95 bits per heavy atom. The first-order valence-corrected chi connectivity index (χ1v) is 6.50. The monoisotopic (exact) mass is 276 g/mol. The van der Waals surface area contributed by atoms with Gasteiger partial charge in [0.25, 0.3) is 0 Å². The Labute approximate surface area is 115 Å². The summed E-state index contributed by atoms with van der Waals surface area (Å²) in [6, 6.07) is 0.262. The van der Waals surface area contributed by atoms with Gasteiger partial charge in [-0.2, -0.15) is 0 Å². The number of allylic oxidation sites excluding steroid dienone is 2. The van der Waals surface area contributed by atoms with E-state index in [4.69, 9.17) is 0 Å². The second-order valence-electron chi connectivity index (χ2n) is 5.25. The zero-order chi connectivity index (χ0) is 14.6. The highest BCUT2D eigenvalue weighted by Gasteiger charge is 2.41. The van der Waals surface area contributed by atoms with E-state index in [0.717, 1.165) is 6.54 Å². The summed E-state index contributed by atoms with van der Waals surface area (Å²) in [6.07, 6.45) is 1.36. The highest BCUT2D eigenvalue weighted by Crippen LogP contribution is 2.34. The van der Waals surface area contributed by atoms with E-state index >= 15 is 0 Å². The lowest BCUT2D eigenvalue weighted by Crippen LogP contribution is -2.23. The molecule has 1 atom stereocenters. The maximum atomic E-state index is 12.6. The van der Waals surface area contributed by atoms with Gasteiger partial charge in [0.15, 0.2) is 0 Å². The molecule has 1 aromatic rings. The van der Waals surface area contributed by atoms with Gasteiger partial charge in [-0.3, -0.25) is 9.59 Å². The molecule has 6 nitrogen and oxygen atoms in total. The molecule has 1 saturated heterocycles. The lowest BCUT2D eigenvalue weighted by Gasteiger charge is -2.15. The van der Waals surface area contributed by atoms with Crippen LogP contribution >= 0.6 is 0 Å². The molecule has 1 aliphatic carbocycles. The Morgan fingerprint density at radius 1 is 1.30 bits per heavy atom. The van der Waals surface area contributed by atoms with E-state index < -0.39 is 0 Å². The number of aliphatic hydroxyl groups excluding tert-OH is 2. The van der Waals surface area contributed by atoms with Crippen molar-refractivity contribution in [3.8, 4) is 0 Å². The number of hydrogen-bond donors (Lipinski definition) is 2. The van der Waals surface area contributed by atoms with Gasteiger partial charge in [-0.05, 0) is 6.92 Å². The average Bonchev–Trinajstić information content (AvgIpc) is 3.05. The molecule has 2 heterocycles. The van der Waals surface area contributed by atoms with Crippen LogP contribution in [0.3, 0.4) is 0 Å². The number of carbonyl (C=O) groups is 2. The van der Waals surface area contributed by atoms with Crippen LogP contribution in [0.15, 0.2) is 11.8 Å². The van der Waals surface area contributed by atoms with Crippen LogP contribution in [0.1, 0.15) is 39.0 Å².